The Balaban J connectivity index is 0.900. The lowest BCUT2D eigenvalue weighted by molar-refractivity contribution is -0.384. The van der Waals surface area contributed by atoms with Crippen LogP contribution in [-0.4, -0.2) is 101 Å². The van der Waals surface area contributed by atoms with Crippen LogP contribution in [0.4, 0.5) is 21.5 Å². The van der Waals surface area contributed by atoms with Crippen molar-refractivity contribution in [2.75, 3.05) is 43.1 Å². The number of rotatable bonds is 14. The summed E-state index contributed by atoms with van der Waals surface area (Å²) in [5.41, 5.74) is 2.46. The van der Waals surface area contributed by atoms with Crippen LogP contribution in [0.2, 0.25) is 0 Å². The van der Waals surface area contributed by atoms with E-state index in [9.17, 15) is 33.5 Å². The maximum atomic E-state index is 15.0. The van der Waals surface area contributed by atoms with Gasteiger partial charge in [0.25, 0.3) is 27.5 Å². The number of sulfonamides is 1. The van der Waals surface area contributed by atoms with Gasteiger partial charge >= 0.3 is 0 Å². The molecular weight excluding hydrogens is 946 g/mol. The summed E-state index contributed by atoms with van der Waals surface area (Å²) in [6.07, 6.45) is 9.26. The average molecular weight is 1010 g/mol. The number of halogens is 1. The fourth-order valence-corrected chi connectivity index (χ4v) is 12.9. The lowest BCUT2D eigenvalue weighted by atomic mass is 9.59. The van der Waals surface area contributed by atoms with E-state index in [1.165, 1.54) is 43.0 Å². The third-order valence-electron chi connectivity index (χ3n) is 15.9. The van der Waals surface area contributed by atoms with Crippen LogP contribution in [0.5, 0.6) is 23.1 Å². The SMILES string of the molecule is CC(C)c1ccccc1[C@@H]1CCCN1C1CC2(CCN(c3ccc(C(=O)NS(=O)(=O)c4cc5c(c([N+](=O)[O-])c4)N[C@@H]([C@H]4CC[C@](C)(O)CC4)CO5)c(Oc4cc5c(F)c[nH]c5nc4OC[C@H](C)O)c3)CC2)C1. The average Bonchev–Trinajstić information content (AvgIpc) is 3.97. The van der Waals surface area contributed by atoms with Gasteiger partial charge in [0.2, 0.25) is 0 Å². The highest BCUT2D eigenvalue weighted by atomic mass is 32.2. The fraction of sp³-hybridized carbons (Fsp3) is 0.509. The van der Waals surface area contributed by atoms with Crippen molar-refractivity contribution in [3.05, 3.63) is 99.5 Å². The monoisotopic (exact) mass is 1010 g/mol. The normalized spacial score (nSPS) is 23.8. The first kappa shape index (κ1) is 49.6. The minimum atomic E-state index is -4.79. The number of nitro groups is 1. The molecule has 2 aromatic heterocycles. The number of carbonyl (C=O) groups excluding carboxylic acids is 1. The molecule has 3 aliphatic heterocycles. The highest BCUT2D eigenvalue weighted by Gasteiger charge is 2.50. The molecule has 1 amide bonds. The molecule has 17 nitrogen and oxygen atoms in total. The van der Waals surface area contributed by atoms with Gasteiger partial charge in [-0.05, 0) is 125 Å². The third-order valence-corrected chi connectivity index (χ3v) is 17.2. The Bertz CT molecular complexity index is 2970. The molecule has 2 saturated carbocycles. The number of piperidine rings is 1. The lowest BCUT2D eigenvalue weighted by Crippen LogP contribution is -2.54. The number of aliphatic hydroxyl groups is 2. The largest absolute Gasteiger partial charge is 0.489 e. The number of nitrogens with zero attached hydrogens (tertiary/aromatic N) is 4. The molecule has 5 N–H and O–H groups in total. The van der Waals surface area contributed by atoms with Crippen molar-refractivity contribution in [3.8, 4) is 23.1 Å². The molecule has 3 aromatic carbocycles. The minimum absolute atomic E-state index is 0.0347. The number of pyridine rings is 1. The van der Waals surface area contributed by atoms with E-state index >= 15 is 4.39 Å². The Morgan fingerprint density at radius 3 is 2.50 bits per heavy atom. The number of fused-ring (bicyclic) bond motifs is 2. The second-order valence-electron chi connectivity index (χ2n) is 21.4. The van der Waals surface area contributed by atoms with E-state index in [2.05, 4.69) is 67.9 Å². The molecule has 2 aliphatic carbocycles. The summed E-state index contributed by atoms with van der Waals surface area (Å²) in [6.45, 7) is 10.3. The molecule has 3 atom stereocenters. The lowest BCUT2D eigenvalue weighted by Gasteiger charge is -2.56. The first-order chi connectivity index (χ1) is 34.4. The first-order valence-electron chi connectivity index (χ1n) is 25.3. The number of nitro benzene ring substituents is 1. The number of nitrogens with one attached hydrogen (secondary N) is 3. The number of anilines is 2. The Hall–Kier alpha value is -6.02. The smallest absolute Gasteiger partial charge is 0.297 e. The number of aliphatic hydroxyl groups excluding tert-OH is 1. The number of benzene rings is 3. The predicted molar refractivity (Wildman–Crippen MR) is 269 cm³/mol. The third kappa shape index (κ3) is 9.92. The quantitative estimate of drug-likeness (QED) is 0.0517. The number of hydrogen-bond acceptors (Lipinski definition) is 14. The molecule has 1 spiro atoms. The number of hydrogen-bond donors (Lipinski definition) is 5. The highest BCUT2D eigenvalue weighted by molar-refractivity contribution is 7.90. The summed E-state index contributed by atoms with van der Waals surface area (Å²) < 4.78 is 63.6. The molecule has 0 bridgehead atoms. The zero-order valence-corrected chi connectivity index (χ0v) is 42.0. The number of carbonyl (C=O) groups is 1. The molecule has 0 radical (unpaired) electrons. The van der Waals surface area contributed by atoms with Crippen LogP contribution in [0.15, 0.2) is 71.8 Å². The van der Waals surface area contributed by atoms with E-state index in [-0.39, 0.29) is 76.0 Å². The highest BCUT2D eigenvalue weighted by Crippen LogP contribution is 2.54. The van der Waals surface area contributed by atoms with Crippen LogP contribution < -0.4 is 29.1 Å². The summed E-state index contributed by atoms with van der Waals surface area (Å²) >= 11 is 0. The minimum Gasteiger partial charge on any atom is -0.489 e. The Morgan fingerprint density at radius 1 is 1.03 bits per heavy atom. The standard InChI is InChI=1S/C53H64FN7O10S/c1-31(2)37-8-5-6-9-38(37)43-10-7-19-60(43)35-26-53(27-35)17-20-59(21-18-53)34-11-12-39(45(22-34)71-47-25-40-41(54)28-55-49(40)57-51(47)70-29-32(3)62)50(63)58-72(67,68)36-23-44(61(65)66)48-46(24-36)69-30-42(56-48)33-13-15-52(4,64)16-14-33/h5-6,8-9,11-12,22-25,28,31-33,35,42-43,56,62,64H,7,10,13-21,26-27,29-30H2,1-4H3,(H,55,57)(H,58,63)/t32-,33-,42+,43-,52-/m0/s1. The zero-order valence-electron chi connectivity index (χ0n) is 41.2. The molecule has 19 heteroatoms. The van der Waals surface area contributed by atoms with E-state index < -0.39 is 49.0 Å². The number of aromatic amines is 1. The van der Waals surface area contributed by atoms with Crippen molar-refractivity contribution in [2.45, 2.75) is 133 Å². The first-order valence-corrected chi connectivity index (χ1v) is 26.8. The van der Waals surface area contributed by atoms with Crippen molar-refractivity contribution < 1.29 is 46.9 Å². The maximum Gasteiger partial charge on any atom is 0.297 e. The van der Waals surface area contributed by atoms with Crippen molar-refractivity contribution >= 4 is 44.0 Å². The van der Waals surface area contributed by atoms with Crippen LogP contribution in [-0.2, 0) is 10.0 Å². The van der Waals surface area contributed by atoms with Crippen molar-refractivity contribution in [3.63, 3.8) is 0 Å². The maximum absolute atomic E-state index is 15.0. The molecule has 2 saturated heterocycles. The van der Waals surface area contributed by atoms with E-state index in [1.54, 1.807) is 19.1 Å². The van der Waals surface area contributed by atoms with Gasteiger partial charge in [-0.25, -0.2) is 17.5 Å². The zero-order chi connectivity index (χ0) is 50.7. The molecule has 5 aliphatic rings. The molecular formula is C53H64FN7O10S. The molecule has 0 unspecified atom stereocenters. The number of H-pyrrole nitrogens is 1. The summed E-state index contributed by atoms with van der Waals surface area (Å²) in [4.78, 5) is 37.6. The van der Waals surface area contributed by atoms with Crippen molar-refractivity contribution in [1.82, 2.24) is 19.6 Å². The van der Waals surface area contributed by atoms with Gasteiger partial charge in [0.05, 0.1) is 38.5 Å². The van der Waals surface area contributed by atoms with Gasteiger partial charge in [0, 0.05) is 61.3 Å². The van der Waals surface area contributed by atoms with Crippen molar-refractivity contribution in [2.24, 2.45) is 11.3 Å². The molecule has 10 rings (SSSR count). The van der Waals surface area contributed by atoms with Gasteiger partial charge in [0.15, 0.2) is 17.2 Å². The van der Waals surface area contributed by atoms with Gasteiger partial charge in [0.1, 0.15) is 30.4 Å². The molecule has 384 valence electrons. The summed E-state index contributed by atoms with van der Waals surface area (Å²) in [5, 5.41) is 36.3. The number of ether oxygens (including phenoxy) is 3. The van der Waals surface area contributed by atoms with Gasteiger partial charge in [-0.15, -0.1) is 0 Å². The van der Waals surface area contributed by atoms with Crippen LogP contribution in [0, 0.1) is 27.3 Å². The van der Waals surface area contributed by atoms with Gasteiger partial charge in [-0.2, -0.15) is 4.98 Å². The Kier molecular flexibility index (Phi) is 13.4. The van der Waals surface area contributed by atoms with Gasteiger partial charge in [-0.1, -0.05) is 38.1 Å². The summed E-state index contributed by atoms with van der Waals surface area (Å²) in [7, 11) is -4.79. The van der Waals surface area contributed by atoms with E-state index in [1.807, 2.05) is 0 Å². The summed E-state index contributed by atoms with van der Waals surface area (Å²) in [5.74, 6) is -1.57. The number of likely N-dealkylation sites (tertiary alicyclic amines) is 1. The van der Waals surface area contributed by atoms with E-state index in [4.69, 9.17) is 14.2 Å². The topological polar surface area (TPSA) is 222 Å². The van der Waals surface area contributed by atoms with E-state index in [0.717, 1.165) is 63.6 Å². The predicted octanol–water partition coefficient (Wildman–Crippen LogP) is 9.10. The second kappa shape index (κ2) is 19.4. The Morgan fingerprint density at radius 2 is 1.78 bits per heavy atom. The van der Waals surface area contributed by atoms with Crippen LogP contribution in [0.1, 0.15) is 125 Å². The van der Waals surface area contributed by atoms with Gasteiger partial charge < -0.3 is 39.6 Å². The molecule has 72 heavy (non-hydrogen) atoms. The number of amides is 1. The summed E-state index contributed by atoms with van der Waals surface area (Å²) in [6, 6.07) is 17.7. The second-order valence-corrected chi connectivity index (χ2v) is 23.1. The van der Waals surface area contributed by atoms with Gasteiger partial charge in [-0.3, -0.25) is 19.8 Å². The van der Waals surface area contributed by atoms with Crippen LogP contribution in [0.25, 0.3) is 11.0 Å². The molecule has 5 heterocycles. The van der Waals surface area contributed by atoms with E-state index in [0.29, 0.717) is 49.4 Å². The van der Waals surface area contributed by atoms with Crippen molar-refractivity contribution in [1.29, 1.82) is 0 Å². The molecule has 4 fully saturated rings. The van der Waals surface area contributed by atoms with Crippen LogP contribution >= 0.6 is 0 Å². The van der Waals surface area contributed by atoms with Crippen LogP contribution in [0.3, 0.4) is 0 Å². The number of aromatic nitrogens is 2. The fourth-order valence-electron chi connectivity index (χ4n) is 11.9. The Labute approximate surface area is 418 Å². The molecule has 5 aromatic rings.